The lowest BCUT2D eigenvalue weighted by Crippen LogP contribution is -2.38. The molecule has 2 saturated heterocycles. The van der Waals surface area contributed by atoms with Crippen molar-refractivity contribution < 1.29 is 33.7 Å². The lowest BCUT2D eigenvalue weighted by Gasteiger charge is -2.21. The van der Waals surface area contributed by atoms with Crippen LogP contribution in [0.25, 0.3) is 0 Å². The van der Waals surface area contributed by atoms with Gasteiger partial charge in [0.15, 0.2) is 0 Å². The lowest BCUT2D eigenvalue weighted by atomic mass is 10.2. The molecular formula is C39H39ClFN3O6S2. The third-order valence-electron chi connectivity index (χ3n) is 8.54. The maximum absolute atomic E-state index is 13.4. The Bertz CT molecular complexity index is 1860. The molecular weight excluding hydrogens is 725 g/mol. The van der Waals surface area contributed by atoms with Crippen LogP contribution in [-0.4, -0.2) is 83.4 Å². The summed E-state index contributed by atoms with van der Waals surface area (Å²) in [6.07, 6.45) is 3.16. The van der Waals surface area contributed by atoms with Crippen LogP contribution >= 0.6 is 35.1 Å². The van der Waals surface area contributed by atoms with Gasteiger partial charge in [-0.2, -0.15) is 5.26 Å². The van der Waals surface area contributed by atoms with E-state index < -0.39 is 18.0 Å². The maximum atomic E-state index is 13.4. The highest BCUT2D eigenvalue weighted by Crippen LogP contribution is 2.37. The number of carbonyl (C=O) groups is 2. The van der Waals surface area contributed by atoms with Gasteiger partial charge in [-0.15, -0.1) is 0 Å². The van der Waals surface area contributed by atoms with Gasteiger partial charge >= 0.3 is 11.9 Å². The molecule has 0 spiro atoms. The quantitative estimate of drug-likeness (QED) is 0.129. The van der Waals surface area contributed by atoms with Crippen LogP contribution in [0.5, 0.6) is 11.5 Å². The van der Waals surface area contributed by atoms with E-state index in [0.717, 1.165) is 46.4 Å². The Hall–Kier alpha value is -4.25. The fourth-order valence-corrected chi connectivity index (χ4v) is 8.07. The number of carboxylic acid groups (broad SMARTS) is 2. The first-order valence-corrected chi connectivity index (χ1v) is 18.9. The van der Waals surface area contributed by atoms with Crippen LogP contribution in [0.1, 0.15) is 31.2 Å². The molecule has 2 N–H and O–H groups in total. The summed E-state index contributed by atoms with van der Waals surface area (Å²) >= 11 is 9.06. The van der Waals surface area contributed by atoms with E-state index in [0.29, 0.717) is 60.4 Å². The normalized spacial score (nSPS) is 17.2. The lowest BCUT2D eigenvalue weighted by molar-refractivity contribution is -0.143. The standard InChI is InChI=1S/C20H19FN2O3S.C19H20ClNO3S/c21-15-3-1-4-16(12-15)27-19-11-14(13-22)6-7-18(19)26-10-9-23-8-2-5-17(23)20(24)25;20-14-8-9-18(25-15-5-2-1-3-6-15)17(13-14)24-12-11-21-10-4-7-16(21)19(22)23/h1,3-4,6-7,11-12,17H,2,5,8-10H2,(H,24,25);1-3,5-6,8-9,13,16H,4,7,10-12H2,(H,22,23)/t17-;16-/m00/s1. The van der Waals surface area contributed by atoms with Gasteiger partial charge in [-0.05, 0) is 106 Å². The minimum absolute atomic E-state index is 0.326. The molecule has 272 valence electrons. The smallest absolute Gasteiger partial charge is 0.320 e. The molecule has 4 aromatic carbocycles. The summed E-state index contributed by atoms with van der Waals surface area (Å²) in [6, 6.07) is 28.3. The number of ether oxygens (including phenoxy) is 2. The Morgan fingerprint density at radius 1 is 0.769 bits per heavy atom. The zero-order valence-corrected chi connectivity index (χ0v) is 30.7. The van der Waals surface area contributed by atoms with Gasteiger partial charge in [0.05, 0.1) is 21.4 Å². The number of benzene rings is 4. The van der Waals surface area contributed by atoms with E-state index in [9.17, 15) is 24.2 Å². The molecule has 2 heterocycles. The highest BCUT2D eigenvalue weighted by Gasteiger charge is 2.31. The van der Waals surface area contributed by atoms with Crippen LogP contribution in [0.2, 0.25) is 5.02 Å². The van der Waals surface area contributed by atoms with E-state index in [-0.39, 0.29) is 11.9 Å². The van der Waals surface area contributed by atoms with Gasteiger partial charge in [-0.1, -0.05) is 59.4 Å². The highest BCUT2D eigenvalue weighted by molar-refractivity contribution is 7.99. The SMILES string of the molecule is N#Cc1ccc(OCCN2CCC[C@H]2C(=O)O)c(Sc2cccc(F)c2)c1.O=C(O)[C@@H]1CCCN1CCOc1cc(Cl)ccc1Sc1ccccc1. The van der Waals surface area contributed by atoms with Gasteiger partial charge < -0.3 is 19.7 Å². The largest absolute Gasteiger partial charge is 0.491 e. The average molecular weight is 764 g/mol. The monoisotopic (exact) mass is 763 g/mol. The van der Waals surface area contributed by atoms with E-state index in [4.69, 9.17) is 26.3 Å². The van der Waals surface area contributed by atoms with Gasteiger partial charge in [0.25, 0.3) is 0 Å². The Morgan fingerprint density at radius 2 is 1.38 bits per heavy atom. The zero-order chi connectivity index (χ0) is 36.9. The topological polar surface area (TPSA) is 123 Å². The number of likely N-dealkylation sites (tertiary alicyclic amines) is 2. The predicted octanol–water partition coefficient (Wildman–Crippen LogP) is 8.20. The second kappa shape index (κ2) is 19.5. The number of nitriles is 1. The molecule has 52 heavy (non-hydrogen) atoms. The van der Waals surface area contributed by atoms with Crippen LogP contribution in [0.4, 0.5) is 4.39 Å². The van der Waals surface area contributed by atoms with E-state index >= 15 is 0 Å². The van der Waals surface area contributed by atoms with Crippen LogP contribution < -0.4 is 9.47 Å². The predicted molar refractivity (Wildman–Crippen MR) is 199 cm³/mol. The van der Waals surface area contributed by atoms with Gasteiger partial charge in [-0.3, -0.25) is 19.4 Å². The first-order chi connectivity index (χ1) is 25.2. The molecule has 13 heteroatoms. The van der Waals surface area contributed by atoms with Crippen LogP contribution in [0.15, 0.2) is 111 Å². The molecule has 0 amide bonds. The maximum Gasteiger partial charge on any atom is 0.320 e. The molecule has 0 aromatic heterocycles. The first kappa shape index (κ1) is 39.0. The van der Waals surface area contributed by atoms with E-state index in [1.165, 1.54) is 23.9 Å². The summed E-state index contributed by atoms with van der Waals surface area (Å²) in [5.74, 6) is -0.553. The molecule has 0 radical (unpaired) electrons. The minimum atomic E-state index is -0.798. The van der Waals surface area contributed by atoms with Crippen molar-refractivity contribution in [3.8, 4) is 17.6 Å². The molecule has 4 aromatic rings. The Morgan fingerprint density at radius 3 is 2.00 bits per heavy atom. The van der Waals surface area contributed by atoms with Crippen molar-refractivity contribution in [2.75, 3.05) is 39.4 Å². The number of halogens is 2. The fraction of sp³-hybridized carbons (Fsp3) is 0.308. The van der Waals surface area contributed by atoms with Crippen LogP contribution in [-0.2, 0) is 9.59 Å². The van der Waals surface area contributed by atoms with Gasteiger partial charge in [0.1, 0.15) is 42.6 Å². The third kappa shape index (κ3) is 11.4. The Kier molecular flexibility index (Phi) is 14.6. The summed E-state index contributed by atoms with van der Waals surface area (Å²) < 4.78 is 25.3. The molecule has 9 nitrogen and oxygen atoms in total. The van der Waals surface area contributed by atoms with Gasteiger partial charge in [0.2, 0.25) is 0 Å². The molecule has 2 aliphatic heterocycles. The summed E-state index contributed by atoms with van der Waals surface area (Å²) in [5.41, 5.74) is 0.492. The van der Waals surface area contributed by atoms with Crippen molar-refractivity contribution in [1.82, 2.24) is 9.80 Å². The van der Waals surface area contributed by atoms with E-state index in [1.807, 2.05) is 58.3 Å². The average Bonchev–Trinajstić information content (AvgIpc) is 3.81. The van der Waals surface area contributed by atoms with Crippen LogP contribution in [0, 0.1) is 17.1 Å². The Balaban J connectivity index is 0.000000202. The molecule has 0 unspecified atom stereocenters. The molecule has 6 rings (SSSR count). The van der Waals surface area contributed by atoms with Gasteiger partial charge in [-0.25, -0.2) is 4.39 Å². The molecule has 2 fully saturated rings. The summed E-state index contributed by atoms with van der Waals surface area (Å²) in [7, 11) is 0. The fourth-order valence-electron chi connectivity index (χ4n) is 6.02. The Labute approximate surface area is 316 Å². The van der Waals surface area contributed by atoms with E-state index in [1.54, 1.807) is 42.1 Å². The minimum Gasteiger partial charge on any atom is -0.491 e. The second-order valence-electron chi connectivity index (χ2n) is 12.1. The molecule has 2 aliphatic rings. The molecule has 0 bridgehead atoms. The summed E-state index contributed by atoms with van der Waals surface area (Å²) in [4.78, 5) is 29.9. The van der Waals surface area contributed by atoms with E-state index in [2.05, 4.69) is 6.07 Å². The van der Waals surface area contributed by atoms with Gasteiger partial charge in [0, 0.05) is 27.9 Å². The third-order valence-corrected chi connectivity index (χ3v) is 10.9. The number of hydrogen-bond acceptors (Lipinski definition) is 9. The van der Waals surface area contributed by atoms with Crippen molar-refractivity contribution in [3.63, 3.8) is 0 Å². The number of rotatable bonds is 14. The number of aliphatic carboxylic acids is 2. The summed E-state index contributed by atoms with van der Waals surface area (Å²) in [5, 5.41) is 28.2. The second-order valence-corrected chi connectivity index (χ2v) is 14.8. The van der Waals surface area contributed by atoms with Crippen molar-refractivity contribution in [3.05, 3.63) is 107 Å². The van der Waals surface area contributed by atoms with Crippen molar-refractivity contribution >= 4 is 47.1 Å². The van der Waals surface area contributed by atoms with Crippen molar-refractivity contribution in [2.45, 2.75) is 57.3 Å². The summed E-state index contributed by atoms with van der Waals surface area (Å²) in [6.45, 7) is 3.44. The van der Waals surface area contributed by atoms with Crippen LogP contribution in [0.3, 0.4) is 0 Å². The van der Waals surface area contributed by atoms with Crippen molar-refractivity contribution in [2.24, 2.45) is 0 Å². The molecule has 0 saturated carbocycles. The first-order valence-electron chi connectivity index (χ1n) is 16.9. The van der Waals surface area contributed by atoms with Crippen molar-refractivity contribution in [1.29, 1.82) is 5.26 Å². The number of hydrogen-bond donors (Lipinski definition) is 2. The molecule has 2 atom stereocenters. The molecule has 0 aliphatic carbocycles. The number of carboxylic acids is 2. The zero-order valence-electron chi connectivity index (χ0n) is 28.3. The number of nitrogens with zero attached hydrogens (tertiary/aromatic N) is 3. The highest BCUT2D eigenvalue weighted by atomic mass is 35.5.